The SMILES string of the molecule is CCN(C(=N)SCCN)c1cccc2ccccc12. The maximum Gasteiger partial charge on any atom is 0.160 e. The molecule has 0 spiro atoms. The molecule has 0 aromatic heterocycles. The van der Waals surface area contributed by atoms with Crippen molar-refractivity contribution < 1.29 is 0 Å². The van der Waals surface area contributed by atoms with Crippen LogP contribution in [0.3, 0.4) is 0 Å². The molecular formula is C15H19N3S. The Morgan fingerprint density at radius 3 is 2.68 bits per heavy atom. The van der Waals surface area contributed by atoms with Gasteiger partial charge in [0.25, 0.3) is 0 Å². The van der Waals surface area contributed by atoms with Crippen LogP contribution in [0, 0.1) is 5.41 Å². The second-order valence-corrected chi connectivity index (χ2v) is 5.27. The van der Waals surface area contributed by atoms with Gasteiger partial charge in [0, 0.05) is 24.2 Å². The normalized spacial score (nSPS) is 10.6. The number of hydrogen-bond donors (Lipinski definition) is 2. The van der Waals surface area contributed by atoms with E-state index in [1.807, 2.05) is 23.1 Å². The molecule has 0 fully saturated rings. The van der Waals surface area contributed by atoms with Gasteiger partial charge in [0.15, 0.2) is 5.17 Å². The minimum absolute atomic E-state index is 0.560. The molecule has 2 aromatic carbocycles. The number of benzene rings is 2. The zero-order chi connectivity index (χ0) is 13.7. The van der Waals surface area contributed by atoms with Crippen LogP contribution in [0.15, 0.2) is 42.5 Å². The van der Waals surface area contributed by atoms with E-state index in [2.05, 4.69) is 31.2 Å². The monoisotopic (exact) mass is 273 g/mol. The van der Waals surface area contributed by atoms with Crippen molar-refractivity contribution in [3.05, 3.63) is 42.5 Å². The molecule has 0 bridgehead atoms. The summed E-state index contributed by atoms with van der Waals surface area (Å²) in [5.74, 6) is 0.778. The van der Waals surface area contributed by atoms with Gasteiger partial charge >= 0.3 is 0 Å². The largest absolute Gasteiger partial charge is 0.330 e. The average molecular weight is 273 g/mol. The van der Waals surface area contributed by atoms with Crippen LogP contribution in [-0.4, -0.2) is 24.0 Å². The number of hydrogen-bond acceptors (Lipinski definition) is 3. The molecule has 0 aliphatic heterocycles. The van der Waals surface area contributed by atoms with Gasteiger partial charge in [0.1, 0.15) is 0 Å². The predicted octanol–water partition coefficient (Wildman–Crippen LogP) is 3.29. The van der Waals surface area contributed by atoms with Crippen LogP contribution in [0.5, 0.6) is 0 Å². The fraction of sp³-hybridized carbons (Fsp3) is 0.267. The van der Waals surface area contributed by atoms with Gasteiger partial charge in [-0.05, 0) is 18.4 Å². The molecule has 0 aliphatic rings. The summed E-state index contributed by atoms with van der Waals surface area (Å²) in [6.07, 6.45) is 0. The molecule has 0 aliphatic carbocycles. The molecule has 0 amide bonds. The molecule has 100 valence electrons. The lowest BCUT2D eigenvalue weighted by Gasteiger charge is -2.24. The van der Waals surface area contributed by atoms with Gasteiger partial charge in [-0.1, -0.05) is 48.2 Å². The first-order chi connectivity index (χ1) is 9.27. The van der Waals surface area contributed by atoms with Gasteiger partial charge < -0.3 is 10.6 Å². The average Bonchev–Trinajstić information content (AvgIpc) is 2.46. The Morgan fingerprint density at radius 1 is 1.21 bits per heavy atom. The minimum Gasteiger partial charge on any atom is -0.330 e. The Morgan fingerprint density at radius 2 is 1.95 bits per heavy atom. The lowest BCUT2D eigenvalue weighted by molar-refractivity contribution is 1.06. The minimum atomic E-state index is 0.560. The van der Waals surface area contributed by atoms with Crippen LogP contribution < -0.4 is 10.6 Å². The number of thioether (sulfide) groups is 1. The molecule has 19 heavy (non-hydrogen) atoms. The van der Waals surface area contributed by atoms with Gasteiger partial charge in [-0.2, -0.15) is 0 Å². The molecule has 0 saturated heterocycles. The number of rotatable bonds is 4. The van der Waals surface area contributed by atoms with Crippen molar-refractivity contribution in [2.75, 3.05) is 23.7 Å². The van der Waals surface area contributed by atoms with E-state index in [1.54, 1.807) is 0 Å². The molecular weight excluding hydrogens is 254 g/mol. The Labute approximate surface area is 118 Å². The second kappa shape index (κ2) is 6.59. The van der Waals surface area contributed by atoms with Crippen LogP contribution in [0.2, 0.25) is 0 Å². The summed E-state index contributed by atoms with van der Waals surface area (Å²) < 4.78 is 0. The van der Waals surface area contributed by atoms with Crippen LogP contribution in [0.1, 0.15) is 6.92 Å². The van der Waals surface area contributed by atoms with Crippen molar-refractivity contribution in [1.82, 2.24) is 0 Å². The maximum atomic E-state index is 8.20. The van der Waals surface area contributed by atoms with E-state index in [1.165, 1.54) is 22.5 Å². The Kier molecular flexibility index (Phi) is 4.82. The van der Waals surface area contributed by atoms with Gasteiger partial charge in [-0.15, -0.1) is 0 Å². The quantitative estimate of drug-likeness (QED) is 0.664. The van der Waals surface area contributed by atoms with Crippen molar-refractivity contribution in [3.8, 4) is 0 Å². The standard InChI is InChI=1S/C15H19N3S/c1-2-18(15(17)19-11-10-16)14-9-5-7-12-6-3-4-8-13(12)14/h3-9,17H,2,10-11,16H2,1H3. The van der Waals surface area contributed by atoms with Gasteiger partial charge in [0.05, 0.1) is 5.69 Å². The highest BCUT2D eigenvalue weighted by Crippen LogP contribution is 2.28. The number of nitrogens with zero attached hydrogens (tertiary/aromatic N) is 1. The van der Waals surface area contributed by atoms with Crippen LogP contribution in [-0.2, 0) is 0 Å². The number of nitrogens with one attached hydrogen (secondary N) is 1. The van der Waals surface area contributed by atoms with Crippen molar-refractivity contribution >= 4 is 33.4 Å². The third kappa shape index (κ3) is 3.08. The smallest absolute Gasteiger partial charge is 0.160 e. The van der Waals surface area contributed by atoms with E-state index in [9.17, 15) is 0 Å². The highest BCUT2D eigenvalue weighted by Gasteiger charge is 2.13. The summed E-state index contributed by atoms with van der Waals surface area (Å²) in [5, 5.41) is 11.1. The van der Waals surface area contributed by atoms with Crippen molar-refractivity contribution in [2.45, 2.75) is 6.92 Å². The first-order valence-corrected chi connectivity index (χ1v) is 7.43. The summed E-state index contributed by atoms with van der Waals surface area (Å²) in [6.45, 7) is 3.45. The van der Waals surface area contributed by atoms with Crippen LogP contribution in [0.25, 0.3) is 10.8 Å². The van der Waals surface area contributed by atoms with E-state index in [-0.39, 0.29) is 0 Å². The lowest BCUT2D eigenvalue weighted by Crippen LogP contribution is -2.28. The molecule has 0 saturated carbocycles. The van der Waals surface area contributed by atoms with Crippen molar-refractivity contribution in [1.29, 1.82) is 5.41 Å². The van der Waals surface area contributed by atoms with Gasteiger partial charge in [-0.3, -0.25) is 5.41 Å². The molecule has 2 aromatic rings. The molecule has 0 radical (unpaired) electrons. The van der Waals surface area contributed by atoms with Crippen LogP contribution >= 0.6 is 11.8 Å². The van der Waals surface area contributed by atoms with Crippen molar-refractivity contribution in [3.63, 3.8) is 0 Å². The molecule has 0 unspecified atom stereocenters. The first kappa shape index (κ1) is 13.9. The summed E-state index contributed by atoms with van der Waals surface area (Å²) >= 11 is 1.50. The zero-order valence-corrected chi connectivity index (χ0v) is 11.9. The maximum absolute atomic E-state index is 8.20. The van der Waals surface area contributed by atoms with Crippen LogP contribution in [0.4, 0.5) is 5.69 Å². The fourth-order valence-electron chi connectivity index (χ4n) is 2.10. The number of amidine groups is 1. The van der Waals surface area contributed by atoms with Crippen molar-refractivity contribution in [2.24, 2.45) is 5.73 Å². The molecule has 0 atom stereocenters. The molecule has 2 rings (SSSR count). The zero-order valence-electron chi connectivity index (χ0n) is 11.1. The second-order valence-electron chi connectivity index (χ2n) is 4.18. The van der Waals surface area contributed by atoms with E-state index >= 15 is 0 Å². The summed E-state index contributed by atoms with van der Waals surface area (Å²) in [6, 6.07) is 14.5. The first-order valence-electron chi connectivity index (χ1n) is 6.44. The predicted molar refractivity (Wildman–Crippen MR) is 86.2 cm³/mol. The number of nitrogens with two attached hydrogens (primary N) is 1. The third-order valence-corrected chi connectivity index (χ3v) is 3.91. The Hall–Kier alpha value is -1.52. The third-order valence-electron chi connectivity index (χ3n) is 2.98. The Balaban J connectivity index is 2.38. The summed E-state index contributed by atoms with van der Waals surface area (Å²) in [7, 11) is 0. The van der Waals surface area contributed by atoms with E-state index in [4.69, 9.17) is 11.1 Å². The topological polar surface area (TPSA) is 53.1 Å². The molecule has 3 nitrogen and oxygen atoms in total. The molecule has 3 N–H and O–H groups in total. The summed E-state index contributed by atoms with van der Waals surface area (Å²) in [5.41, 5.74) is 6.60. The highest BCUT2D eigenvalue weighted by atomic mass is 32.2. The van der Waals surface area contributed by atoms with E-state index in [0.29, 0.717) is 11.7 Å². The molecule has 0 heterocycles. The lowest BCUT2D eigenvalue weighted by atomic mass is 10.1. The summed E-state index contributed by atoms with van der Waals surface area (Å²) in [4.78, 5) is 2.03. The number of fused-ring (bicyclic) bond motifs is 1. The fourth-order valence-corrected chi connectivity index (χ4v) is 2.80. The molecule has 4 heteroatoms. The van der Waals surface area contributed by atoms with E-state index in [0.717, 1.165) is 18.0 Å². The highest BCUT2D eigenvalue weighted by molar-refractivity contribution is 8.14. The Bertz CT molecular complexity index is 563. The van der Waals surface area contributed by atoms with Gasteiger partial charge in [0.2, 0.25) is 0 Å². The number of anilines is 1. The van der Waals surface area contributed by atoms with E-state index < -0.39 is 0 Å². The van der Waals surface area contributed by atoms with Gasteiger partial charge in [-0.25, -0.2) is 0 Å².